The van der Waals surface area contributed by atoms with Crippen LogP contribution in [0.5, 0.6) is 0 Å². The van der Waals surface area contributed by atoms with E-state index >= 15 is 0 Å². The molecule has 0 amide bonds. The van der Waals surface area contributed by atoms with Crippen LogP contribution in [0.2, 0.25) is 5.02 Å². The number of pyridine rings is 1. The average Bonchev–Trinajstić information content (AvgIpc) is 2.35. The number of hydrogen-bond acceptors (Lipinski definition) is 3. The lowest BCUT2D eigenvalue weighted by molar-refractivity contribution is 0.969. The van der Waals surface area contributed by atoms with Crippen LogP contribution in [0.25, 0.3) is 0 Å². The van der Waals surface area contributed by atoms with E-state index in [9.17, 15) is 0 Å². The molecule has 0 unspecified atom stereocenters. The van der Waals surface area contributed by atoms with Crippen LogP contribution in [0, 0.1) is 0 Å². The first-order valence-corrected chi connectivity index (χ1v) is 5.83. The molecule has 1 heterocycles. The maximum atomic E-state index is 5.77. The van der Waals surface area contributed by atoms with E-state index in [1.807, 2.05) is 18.2 Å². The summed E-state index contributed by atoms with van der Waals surface area (Å²) >= 11 is 5.77. The van der Waals surface area contributed by atoms with Gasteiger partial charge in [0.2, 0.25) is 0 Å². The van der Waals surface area contributed by atoms with E-state index in [1.165, 1.54) is 5.56 Å². The van der Waals surface area contributed by atoms with E-state index in [0.717, 1.165) is 17.9 Å². The molecule has 0 saturated carbocycles. The smallest absolute Gasteiger partial charge is 0.130 e. The van der Waals surface area contributed by atoms with Crippen LogP contribution in [0.3, 0.4) is 0 Å². The number of benzene rings is 1. The predicted molar refractivity (Wildman–Crippen MR) is 71.7 cm³/mol. The van der Waals surface area contributed by atoms with Gasteiger partial charge in [-0.2, -0.15) is 0 Å². The summed E-state index contributed by atoms with van der Waals surface area (Å²) < 4.78 is 0. The number of aromatic nitrogens is 1. The van der Waals surface area contributed by atoms with Crippen molar-refractivity contribution < 1.29 is 0 Å². The van der Waals surface area contributed by atoms with Crippen molar-refractivity contribution in [2.24, 2.45) is 5.73 Å². The van der Waals surface area contributed by atoms with Gasteiger partial charge in [-0.05, 0) is 42.8 Å². The minimum Gasteiger partial charge on any atom is -0.340 e. The Hall–Kier alpha value is -1.58. The lowest BCUT2D eigenvalue weighted by Crippen LogP contribution is -2.02. The number of anilines is 2. The number of nitrogens with two attached hydrogens (primary N) is 1. The van der Waals surface area contributed by atoms with Gasteiger partial charge in [-0.25, -0.2) is 4.98 Å². The Morgan fingerprint density at radius 2 is 1.88 bits per heavy atom. The first kappa shape index (κ1) is 11.9. The van der Waals surface area contributed by atoms with E-state index in [0.29, 0.717) is 11.6 Å². The fourth-order valence-corrected chi connectivity index (χ4v) is 1.63. The fraction of sp³-hybridized carbons (Fsp3) is 0.154. The molecule has 0 spiro atoms. The molecule has 2 aromatic rings. The molecule has 3 nitrogen and oxygen atoms in total. The fourth-order valence-electron chi connectivity index (χ4n) is 1.52. The molecule has 3 N–H and O–H groups in total. The predicted octanol–water partition coefficient (Wildman–Crippen LogP) is 2.98. The molecule has 0 fully saturated rings. The summed E-state index contributed by atoms with van der Waals surface area (Å²) in [5.41, 5.74) is 7.74. The molecule has 0 aliphatic carbocycles. The van der Waals surface area contributed by atoms with Gasteiger partial charge in [0.15, 0.2) is 0 Å². The van der Waals surface area contributed by atoms with Crippen molar-refractivity contribution in [1.82, 2.24) is 4.98 Å². The summed E-state index contributed by atoms with van der Waals surface area (Å²) in [5, 5.41) is 3.83. The van der Waals surface area contributed by atoms with Crippen LogP contribution in [0.1, 0.15) is 5.56 Å². The van der Waals surface area contributed by atoms with Crippen LogP contribution in [0.15, 0.2) is 42.6 Å². The van der Waals surface area contributed by atoms with Gasteiger partial charge in [0.1, 0.15) is 5.82 Å². The van der Waals surface area contributed by atoms with Crippen molar-refractivity contribution in [3.05, 3.63) is 53.2 Å². The highest BCUT2D eigenvalue weighted by molar-refractivity contribution is 6.30. The standard InChI is InChI=1S/C13H14ClN3/c14-11-3-6-13(16-9-11)17-12-4-1-10(2-5-12)7-8-15/h1-6,9H,7-8,15H2,(H,16,17). The van der Waals surface area contributed by atoms with Crippen molar-refractivity contribution in [1.29, 1.82) is 0 Å². The zero-order valence-electron chi connectivity index (χ0n) is 9.36. The first-order valence-electron chi connectivity index (χ1n) is 5.45. The normalized spacial score (nSPS) is 10.2. The van der Waals surface area contributed by atoms with E-state index in [2.05, 4.69) is 22.4 Å². The maximum Gasteiger partial charge on any atom is 0.130 e. The van der Waals surface area contributed by atoms with Crippen LogP contribution < -0.4 is 11.1 Å². The number of nitrogens with zero attached hydrogens (tertiary/aromatic N) is 1. The summed E-state index contributed by atoms with van der Waals surface area (Å²) in [7, 11) is 0. The summed E-state index contributed by atoms with van der Waals surface area (Å²) in [5.74, 6) is 0.779. The molecular weight excluding hydrogens is 234 g/mol. The Labute approximate surface area is 106 Å². The summed E-state index contributed by atoms with van der Waals surface area (Å²) in [6.07, 6.45) is 2.52. The third kappa shape index (κ3) is 3.44. The van der Waals surface area contributed by atoms with Crippen molar-refractivity contribution in [3.63, 3.8) is 0 Å². The maximum absolute atomic E-state index is 5.77. The molecule has 0 saturated heterocycles. The summed E-state index contributed by atoms with van der Waals surface area (Å²) in [4.78, 5) is 4.17. The van der Waals surface area contributed by atoms with Gasteiger partial charge in [0.25, 0.3) is 0 Å². The number of rotatable bonds is 4. The molecule has 0 aliphatic heterocycles. The minimum absolute atomic E-state index is 0.633. The zero-order chi connectivity index (χ0) is 12.1. The minimum atomic E-state index is 0.633. The quantitative estimate of drug-likeness (QED) is 0.873. The second kappa shape index (κ2) is 5.66. The van der Waals surface area contributed by atoms with Crippen molar-refractivity contribution in [2.45, 2.75) is 6.42 Å². The van der Waals surface area contributed by atoms with Crippen LogP contribution in [0.4, 0.5) is 11.5 Å². The molecule has 1 aromatic heterocycles. The van der Waals surface area contributed by atoms with Gasteiger partial charge in [0.05, 0.1) is 5.02 Å². The SMILES string of the molecule is NCCc1ccc(Nc2ccc(Cl)cn2)cc1. The molecule has 0 bridgehead atoms. The van der Waals surface area contributed by atoms with E-state index in [-0.39, 0.29) is 0 Å². The number of hydrogen-bond donors (Lipinski definition) is 2. The van der Waals surface area contributed by atoms with E-state index < -0.39 is 0 Å². The molecular formula is C13H14ClN3. The van der Waals surface area contributed by atoms with Crippen molar-refractivity contribution >= 4 is 23.1 Å². The highest BCUT2D eigenvalue weighted by Crippen LogP contribution is 2.16. The third-order valence-electron chi connectivity index (χ3n) is 2.39. The number of halogens is 1. The average molecular weight is 248 g/mol. The second-order valence-corrected chi connectivity index (χ2v) is 4.16. The van der Waals surface area contributed by atoms with Gasteiger partial charge >= 0.3 is 0 Å². The van der Waals surface area contributed by atoms with Gasteiger partial charge < -0.3 is 11.1 Å². The third-order valence-corrected chi connectivity index (χ3v) is 2.61. The lowest BCUT2D eigenvalue weighted by Gasteiger charge is -2.06. The largest absolute Gasteiger partial charge is 0.340 e. The van der Waals surface area contributed by atoms with Crippen LogP contribution in [-0.2, 0) is 6.42 Å². The van der Waals surface area contributed by atoms with Crippen LogP contribution >= 0.6 is 11.6 Å². The number of nitrogens with one attached hydrogen (secondary N) is 1. The van der Waals surface area contributed by atoms with Crippen molar-refractivity contribution in [2.75, 3.05) is 11.9 Å². The molecule has 88 valence electrons. The van der Waals surface area contributed by atoms with E-state index in [1.54, 1.807) is 12.3 Å². The van der Waals surface area contributed by atoms with E-state index in [4.69, 9.17) is 17.3 Å². The Bertz CT molecular complexity index is 465. The lowest BCUT2D eigenvalue weighted by atomic mass is 10.1. The highest BCUT2D eigenvalue weighted by Gasteiger charge is 1.96. The molecule has 17 heavy (non-hydrogen) atoms. The zero-order valence-corrected chi connectivity index (χ0v) is 10.1. The van der Waals surface area contributed by atoms with Gasteiger partial charge in [-0.15, -0.1) is 0 Å². The molecule has 0 atom stereocenters. The molecule has 4 heteroatoms. The monoisotopic (exact) mass is 247 g/mol. The Kier molecular flexibility index (Phi) is 3.96. The Morgan fingerprint density at radius 3 is 2.47 bits per heavy atom. The second-order valence-electron chi connectivity index (χ2n) is 3.72. The van der Waals surface area contributed by atoms with Crippen molar-refractivity contribution in [3.8, 4) is 0 Å². The first-order chi connectivity index (χ1) is 8.28. The highest BCUT2D eigenvalue weighted by atomic mass is 35.5. The molecule has 0 radical (unpaired) electrons. The molecule has 0 aliphatic rings. The van der Waals surface area contributed by atoms with Crippen LogP contribution in [-0.4, -0.2) is 11.5 Å². The van der Waals surface area contributed by atoms with Gasteiger partial charge in [-0.3, -0.25) is 0 Å². The Balaban J connectivity index is 2.05. The Morgan fingerprint density at radius 1 is 1.12 bits per heavy atom. The topological polar surface area (TPSA) is 50.9 Å². The van der Waals surface area contributed by atoms with Gasteiger partial charge in [-0.1, -0.05) is 23.7 Å². The molecule has 2 rings (SSSR count). The summed E-state index contributed by atoms with van der Waals surface area (Å²) in [6, 6.07) is 11.8. The summed E-state index contributed by atoms with van der Waals surface area (Å²) in [6.45, 7) is 0.672. The van der Waals surface area contributed by atoms with Gasteiger partial charge in [0, 0.05) is 11.9 Å². The molecule has 1 aromatic carbocycles.